The van der Waals surface area contributed by atoms with E-state index >= 15 is 0 Å². The summed E-state index contributed by atoms with van der Waals surface area (Å²) in [7, 11) is 2.40. The van der Waals surface area contributed by atoms with Gasteiger partial charge in [0.25, 0.3) is 0 Å². The van der Waals surface area contributed by atoms with E-state index in [4.69, 9.17) is 0 Å². The van der Waals surface area contributed by atoms with Crippen molar-refractivity contribution in [1.29, 1.82) is 0 Å². The number of ether oxygens (including phenoxy) is 2. The Hall–Kier alpha value is -1.39. The minimum Gasteiger partial charge on any atom is -0.469 e. The van der Waals surface area contributed by atoms with E-state index in [1.54, 1.807) is 0 Å². The lowest BCUT2D eigenvalue weighted by molar-refractivity contribution is -0.155. The Morgan fingerprint density at radius 1 is 1.00 bits per heavy atom. The average Bonchev–Trinajstić information content (AvgIpc) is 2.23. The molecule has 0 radical (unpaired) electrons. The van der Waals surface area contributed by atoms with Gasteiger partial charge in [0.05, 0.1) is 20.6 Å². The molecular formula is C11H18O5. The van der Waals surface area contributed by atoms with E-state index in [0.717, 1.165) is 0 Å². The third-order valence-electron chi connectivity index (χ3n) is 2.08. The fourth-order valence-corrected chi connectivity index (χ4v) is 1.27. The molecule has 0 fully saturated rings. The molecule has 0 aliphatic carbocycles. The van der Waals surface area contributed by atoms with E-state index in [-0.39, 0.29) is 24.5 Å². The van der Waals surface area contributed by atoms with Crippen molar-refractivity contribution in [2.75, 3.05) is 14.2 Å². The largest absolute Gasteiger partial charge is 0.469 e. The van der Waals surface area contributed by atoms with Gasteiger partial charge < -0.3 is 9.47 Å². The number of carbonyl (C=O) groups excluding carboxylic acids is 3. The summed E-state index contributed by atoms with van der Waals surface area (Å²) in [5, 5.41) is 0. The molecule has 0 heterocycles. The molecule has 0 aliphatic heterocycles. The van der Waals surface area contributed by atoms with Gasteiger partial charge in [0.2, 0.25) is 0 Å². The summed E-state index contributed by atoms with van der Waals surface area (Å²) in [6.45, 7) is 3.73. The quantitative estimate of drug-likeness (QED) is 0.502. The maximum Gasteiger partial charge on any atom is 0.316 e. The van der Waals surface area contributed by atoms with Gasteiger partial charge in [-0.3, -0.25) is 14.4 Å². The minimum absolute atomic E-state index is 0.136. The van der Waals surface area contributed by atoms with Crippen LogP contribution in [0.25, 0.3) is 0 Å². The van der Waals surface area contributed by atoms with Crippen LogP contribution in [0.1, 0.15) is 26.7 Å². The van der Waals surface area contributed by atoms with Crippen molar-refractivity contribution in [2.24, 2.45) is 11.8 Å². The van der Waals surface area contributed by atoms with Crippen LogP contribution >= 0.6 is 0 Å². The normalized spacial score (nSPS) is 12.1. The van der Waals surface area contributed by atoms with E-state index in [1.165, 1.54) is 14.2 Å². The maximum absolute atomic E-state index is 11.7. The van der Waals surface area contributed by atoms with Crippen molar-refractivity contribution in [2.45, 2.75) is 26.7 Å². The molecule has 0 N–H and O–H groups in total. The summed E-state index contributed by atoms with van der Waals surface area (Å²) in [4.78, 5) is 34.1. The van der Waals surface area contributed by atoms with Gasteiger partial charge in [-0.1, -0.05) is 13.8 Å². The van der Waals surface area contributed by atoms with Crippen LogP contribution in [0, 0.1) is 11.8 Å². The van der Waals surface area contributed by atoms with Crippen LogP contribution in [0.4, 0.5) is 0 Å². The predicted octanol–water partition coefficient (Wildman–Crippen LogP) is 0.954. The molecular weight excluding hydrogens is 212 g/mol. The summed E-state index contributed by atoms with van der Waals surface area (Å²) >= 11 is 0. The first-order chi connectivity index (χ1) is 7.42. The molecule has 0 saturated carbocycles. The molecule has 0 aliphatic rings. The molecule has 5 heteroatoms. The van der Waals surface area contributed by atoms with Gasteiger partial charge >= 0.3 is 11.9 Å². The standard InChI is InChI=1S/C11H18O5/c1-7(2)5-9(12)8(11(14)16-4)6-10(13)15-3/h7-8H,5-6H2,1-4H3. The van der Waals surface area contributed by atoms with Crippen LogP contribution in [-0.2, 0) is 23.9 Å². The molecule has 0 rings (SSSR count). The summed E-state index contributed by atoms with van der Waals surface area (Å²) in [5.41, 5.74) is 0. The fourth-order valence-electron chi connectivity index (χ4n) is 1.27. The second kappa shape index (κ2) is 6.98. The Labute approximate surface area is 95.1 Å². The topological polar surface area (TPSA) is 69.7 Å². The highest BCUT2D eigenvalue weighted by molar-refractivity contribution is 6.01. The molecule has 5 nitrogen and oxygen atoms in total. The minimum atomic E-state index is -1.04. The molecule has 1 atom stereocenters. The van der Waals surface area contributed by atoms with Gasteiger partial charge in [-0.2, -0.15) is 0 Å². The van der Waals surface area contributed by atoms with Crippen LogP contribution in [0.5, 0.6) is 0 Å². The average molecular weight is 230 g/mol. The number of rotatable bonds is 6. The number of esters is 2. The molecule has 0 amide bonds. The van der Waals surface area contributed by atoms with E-state index in [1.807, 2.05) is 13.8 Å². The molecule has 0 saturated heterocycles. The lowest BCUT2D eigenvalue weighted by Gasteiger charge is -2.13. The first-order valence-electron chi connectivity index (χ1n) is 5.09. The zero-order chi connectivity index (χ0) is 12.7. The second-order valence-corrected chi connectivity index (χ2v) is 3.92. The van der Waals surface area contributed by atoms with Crippen molar-refractivity contribution in [3.05, 3.63) is 0 Å². The van der Waals surface area contributed by atoms with Crippen LogP contribution in [-0.4, -0.2) is 31.9 Å². The van der Waals surface area contributed by atoms with E-state index in [2.05, 4.69) is 9.47 Å². The van der Waals surface area contributed by atoms with Crippen molar-refractivity contribution in [1.82, 2.24) is 0 Å². The van der Waals surface area contributed by atoms with E-state index in [9.17, 15) is 14.4 Å². The smallest absolute Gasteiger partial charge is 0.316 e. The summed E-state index contributed by atoms with van der Waals surface area (Å²) in [6.07, 6.45) is -0.00844. The maximum atomic E-state index is 11.7. The SMILES string of the molecule is COC(=O)CC(C(=O)CC(C)C)C(=O)OC. The van der Waals surface area contributed by atoms with Gasteiger partial charge in [0.15, 0.2) is 0 Å². The summed E-state index contributed by atoms with van der Waals surface area (Å²) in [5.74, 6) is -2.46. The van der Waals surface area contributed by atoms with E-state index in [0.29, 0.717) is 0 Å². The van der Waals surface area contributed by atoms with Crippen LogP contribution in [0.3, 0.4) is 0 Å². The Morgan fingerprint density at radius 2 is 1.56 bits per heavy atom. The number of Topliss-reactive ketones (excluding diaryl/α,β-unsaturated/α-hetero) is 1. The van der Waals surface area contributed by atoms with Crippen molar-refractivity contribution < 1.29 is 23.9 Å². The summed E-state index contributed by atoms with van der Waals surface area (Å²) < 4.78 is 8.92. The van der Waals surface area contributed by atoms with Gasteiger partial charge in [-0.15, -0.1) is 0 Å². The first kappa shape index (κ1) is 14.6. The number of hydrogen-bond acceptors (Lipinski definition) is 5. The van der Waals surface area contributed by atoms with Gasteiger partial charge in [0, 0.05) is 6.42 Å². The highest BCUT2D eigenvalue weighted by Gasteiger charge is 2.30. The molecule has 0 aromatic carbocycles. The van der Waals surface area contributed by atoms with Crippen molar-refractivity contribution >= 4 is 17.7 Å². The van der Waals surface area contributed by atoms with Crippen LogP contribution in [0.2, 0.25) is 0 Å². The highest BCUT2D eigenvalue weighted by Crippen LogP contribution is 2.14. The Morgan fingerprint density at radius 3 is 1.94 bits per heavy atom. The second-order valence-electron chi connectivity index (χ2n) is 3.92. The van der Waals surface area contributed by atoms with Gasteiger partial charge in [0.1, 0.15) is 11.7 Å². The van der Waals surface area contributed by atoms with E-state index < -0.39 is 17.9 Å². The number of methoxy groups -OCH3 is 2. The number of hydrogen-bond donors (Lipinski definition) is 0. The third kappa shape index (κ3) is 4.91. The van der Waals surface area contributed by atoms with Crippen molar-refractivity contribution in [3.8, 4) is 0 Å². The number of ketones is 1. The zero-order valence-corrected chi connectivity index (χ0v) is 10.1. The monoisotopic (exact) mass is 230 g/mol. The van der Waals surface area contributed by atoms with Crippen LogP contribution < -0.4 is 0 Å². The van der Waals surface area contributed by atoms with Gasteiger partial charge in [-0.25, -0.2) is 0 Å². The third-order valence-corrected chi connectivity index (χ3v) is 2.08. The summed E-state index contributed by atoms with van der Waals surface area (Å²) in [6, 6.07) is 0. The lowest BCUT2D eigenvalue weighted by Crippen LogP contribution is -2.29. The molecule has 92 valence electrons. The molecule has 0 aromatic heterocycles. The molecule has 16 heavy (non-hydrogen) atoms. The predicted molar refractivity (Wildman–Crippen MR) is 56.6 cm³/mol. The molecule has 0 bridgehead atoms. The van der Waals surface area contributed by atoms with Gasteiger partial charge in [-0.05, 0) is 5.92 Å². The first-order valence-corrected chi connectivity index (χ1v) is 5.09. The fraction of sp³-hybridized carbons (Fsp3) is 0.727. The zero-order valence-electron chi connectivity index (χ0n) is 10.1. The Bertz CT molecular complexity index is 270. The lowest BCUT2D eigenvalue weighted by atomic mass is 9.93. The molecule has 0 spiro atoms. The van der Waals surface area contributed by atoms with Crippen LogP contribution in [0.15, 0.2) is 0 Å². The van der Waals surface area contributed by atoms with Crippen molar-refractivity contribution in [3.63, 3.8) is 0 Å². The molecule has 0 aromatic rings. The Kier molecular flexibility index (Phi) is 6.37. The molecule has 1 unspecified atom stereocenters. The number of carbonyl (C=O) groups is 3. The Balaban J connectivity index is 4.60. The highest BCUT2D eigenvalue weighted by atomic mass is 16.5.